The minimum Gasteiger partial charge on any atom is -0.459 e. The number of furan rings is 1. The van der Waals surface area contributed by atoms with E-state index in [-0.39, 0.29) is 44.1 Å². The molecular weight excluding hydrogens is 279 g/mol. The van der Waals surface area contributed by atoms with Crippen LogP contribution >= 0.6 is 0 Å². The molecule has 0 aromatic carbocycles. The van der Waals surface area contributed by atoms with Crippen molar-refractivity contribution < 1.29 is 23.1 Å². The van der Waals surface area contributed by atoms with E-state index in [4.69, 9.17) is 9.15 Å². The highest BCUT2D eigenvalue weighted by Crippen LogP contribution is 2.27. The van der Waals surface area contributed by atoms with E-state index in [0.717, 1.165) is 0 Å². The number of halogens is 1. The molecule has 1 aliphatic rings. The molecule has 1 aliphatic heterocycles. The Bertz CT molecular complexity index is 481. The second-order valence-electron chi connectivity index (χ2n) is 4.98. The lowest BCUT2D eigenvalue weighted by molar-refractivity contribution is -0.135. The molecule has 1 aromatic rings. The van der Waals surface area contributed by atoms with Crippen molar-refractivity contribution in [3.05, 3.63) is 24.2 Å². The number of ether oxygens (including phenoxy) is 1. The molecule has 0 unspecified atom stereocenters. The lowest BCUT2D eigenvalue weighted by Gasteiger charge is -2.34. The molecule has 6 nitrogen and oxygen atoms in total. The number of nitrogens with one attached hydrogen (secondary N) is 1. The summed E-state index contributed by atoms with van der Waals surface area (Å²) in [4.78, 5) is 25.4. The lowest BCUT2D eigenvalue weighted by Crippen LogP contribution is -2.52. The maximum Gasteiger partial charge on any atom is 0.289 e. The van der Waals surface area contributed by atoms with Crippen molar-refractivity contribution >= 4 is 11.8 Å². The average Bonchev–Trinajstić information content (AvgIpc) is 3.01. The van der Waals surface area contributed by atoms with Gasteiger partial charge in [-0.25, -0.2) is 4.39 Å². The lowest BCUT2D eigenvalue weighted by atomic mass is 9.92. The molecular formula is C14H19FN2O4. The Morgan fingerprint density at radius 3 is 2.76 bits per heavy atom. The van der Waals surface area contributed by atoms with Gasteiger partial charge in [0.15, 0.2) is 11.4 Å². The molecule has 0 atom stereocenters. The summed E-state index contributed by atoms with van der Waals surface area (Å²) in [5, 5.41) is 2.50. The van der Waals surface area contributed by atoms with Crippen LogP contribution in [0.4, 0.5) is 4.39 Å². The van der Waals surface area contributed by atoms with Crippen LogP contribution in [0.15, 0.2) is 22.8 Å². The first kappa shape index (κ1) is 15.5. The molecule has 0 bridgehead atoms. The van der Waals surface area contributed by atoms with E-state index in [9.17, 15) is 14.0 Å². The Balaban J connectivity index is 1.87. The van der Waals surface area contributed by atoms with E-state index in [2.05, 4.69) is 5.32 Å². The number of piperidine rings is 1. The van der Waals surface area contributed by atoms with Crippen LogP contribution < -0.4 is 5.32 Å². The first-order chi connectivity index (χ1) is 10.1. The van der Waals surface area contributed by atoms with Gasteiger partial charge >= 0.3 is 0 Å². The molecule has 1 aromatic heterocycles. The first-order valence-corrected chi connectivity index (χ1v) is 6.86. The fourth-order valence-electron chi connectivity index (χ4n) is 2.27. The number of likely N-dealkylation sites (tertiary alicyclic amines) is 1. The Labute approximate surface area is 122 Å². The van der Waals surface area contributed by atoms with Crippen LogP contribution in [-0.4, -0.2) is 55.7 Å². The molecule has 0 spiro atoms. The highest BCUT2D eigenvalue weighted by atomic mass is 19.1. The summed E-state index contributed by atoms with van der Waals surface area (Å²) >= 11 is 0. The van der Waals surface area contributed by atoms with Gasteiger partial charge in [-0.3, -0.25) is 9.59 Å². The standard InChI is InChI=1S/C14H19FN2O4/c1-20-10-6-16-13(19)14(15)4-7-17(8-5-14)12(18)11-3-2-9-21-11/h2-3,9H,4-8,10H2,1H3,(H,16,19). The molecule has 0 aliphatic carbocycles. The van der Waals surface area contributed by atoms with Crippen LogP contribution in [0.25, 0.3) is 0 Å². The molecule has 2 rings (SSSR count). The number of hydrogen-bond acceptors (Lipinski definition) is 4. The van der Waals surface area contributed by atoms with Crippen LogP contribution in [0, 0.1) is 0 Å². The molecule has 7 heteroatoms. The highest BCUT2D eigenvalue weighted by Gasteiger charge is 2.42. The Morgan fingerprint density at radius 1 is 1.48 bits per heavy atom. The number of carbonyl (C=O) groups is 2. The fourth-order valence-corrected chi connectivity index (χ4v) is 2.27. The average molecular weight is 298 g/mol. The Hall–Kier alpha value is -1.89. The van der Waals surface area contributed by atoms with E-state index in [1.807, 2.05) is 0 Å². The van der Waals surface area contributed by atoms with E-state index in [1.165, 1.54) is 18.3 Å². The predicted molar refractivity (Wildman–Crippen MR) is 72.6 cm³/mol. The van der Waals surface area contributed by atoms with Crippen molar-refractivity contribution in [1.82, 2.24) is 10.2 Å². The van der Waals surface area contributed by atoms with Gasteiger partial charge in [0.1, 0.15) is 0 Å². The second kappa shape index (κ2) is 6.71. The van der Waals surface area contributed by atoms with E-state index in [1.54, 1.807) is 12.1 Å². The number of carbonyl (C=O) groups excluding carboxylic acids is 2. The molecule has 1 fully saturated rings. The molecule has 2 heterocycles. The largest absolute Gasteiger partial charge is 0.459 e. The van der Waals surface area contributed by atoms with Crippen LogP contribution in [-0.2, 0) is 9.53 Å². The Morgan fingerprint density at radius 2 is 2.19 bits per heavy atom. The smallest absolute Gasteiger partial charge is 0.289 e. The summed E-state index contributed by atoms with van der Waals surface area (Å²) in [5.41, 5.74) is -1.92. The molecule has 0 radical (unpaired) electrons. The van der Waals surface area contributed by atoms with Crippen molar-refractivity contribution in [1.29, 1.82) is 0 Å². The van der Waals surface area contributed by atoms with Gasteiger partial charge < -0.3 is 19.4 Å². The van der Waals surface area contributed by atoms with Crippen LogP contribution in [0.2, 0.25) is 0 Å². The maximum absolute atomic E-state index is 14.6. The zero-order valence-corrected chi connectivity index (χ0v) is 11.9. The third-order valence-electron chi connectivity index (χ3n) is 3.57. The van der Waals surface area contributed by atoms with Crippen molar-refractivity contribution in [2.24, 2.45) is 0 Å². The zero-order chi connectivity index (χ0) is 15.3. The number of amides is 2. The van der Waals surface area contributed by atoms with Gasteiger partial charge in [0.05, 0.1) is 12.9 Å². The van der Waals surface area contributed by atoms with Crippen LogP contribution in [0.5, 0.6) is 0 Å². The maximum atomic E-state index is 14.6. The van der Waals surface area contributed by atoms with Crippen molar-refractivity contribution in [3.63, 3.8) is 0 Å². The summed E-state index contributed by atoms with van der Waals surface area (Å²) < 4.78 is 24.4. The topological polar surface area (TPSA) is 71.8 Å². The molecule has 21 heavy (non-hydrogen) atoms. The zero-order valence-electron chi connectivity index (χ0n) is 11.9. The van der Waals surface area contributed by atoms with E-state index in [0.29, 0.717) is 6.61 Å². The quantitative estimate of drug-likeness (QED) is 0.823. The van der Waals surface area contributed by atoms with Crippen LogP contribution in [0.1, 0.15) is 23.4 Å². The SMILES string of the molecule is COCCNC(=O)C1(F)CCN(C(=O)c2ccco2)CC1. The Kier molecular flexibility index (Phi) is 4.95. The van der Waals surface area contributed by atoms with Gasteiger partial charge in [-0.2, -0.15) is 0 Å². The van der Waals surface area contributed by atoms with Gasteiger partial charge in [0, 0.05) is 39.6 Å². The van der Waals surface area contributed by atoms with Crippen molar-refractivity contribution in [2.75, 3.05) is 33.4 Å². The summed E-state index contributed by atoms with van der Waals surface area (Å²) in [5.74, 6) is -0.683. The van der Waals surface area contributed by atoms with E-state index >= 15 is 0 Å². The van der Waals surface area contributed by atoms with E-state index < -0.39 is 11.6 Å². The van der Waals surface area contributed by atoms with Crippen molar-refractivity contribution in [2.45, 2.75) is 18.5 Å². The number of hydrogen-bond donors (Lipinski definition) is 1. The van der Waals surface area contributed by atoms with Gasteiger partial charge in [-0.15, -0.1) is 0 Å². The normalized spacial score (nSPS) is 17.5. The minimum atomic E-state index is -1.92. The number of rotatable bonds is 5. The minimum absolute atomic E-state index is 0.0156. The molecule has 116 valence electrons. The summed E-state index contributed by atoms with van der Waals surface area (Å²) in [6.07, 6.45) is 1.39. The van der Waals surface area contributed by atoms with Crippen molar-refractivity contribution in [3.8, 4) is 0 Å². The summed E-state index contributed by atoms with van der Waals surface area (Å²) in [6.45, 7) is 0.989. The van der Waals surface area contributed by atoms with Crippen LogP contribution in [0.3, 0.4) is 0 Å². The highest BCUT2D eigenvalue weighted by molar-refractivity contribution is 5.92. The molecule has 2 amide bonds. The molecule has 0 saturated carbocycles. The second-order valence-corrected chi connectivity index (χ2v) is 4.98. The number of alkyl halides is 1. The summed E-state index contributed by atoms with van der Waals surface area (Å²) in [6, 6.07) is 3.19. The third kappa shape index (κ3) is 3.60. The first-order valence-electron chi connectivity index (χ1n) is 6.86. The van der Waals surface area contributed by atoms with Gasteiger partial charge in [-0.1, -0.05) is 0 Å². The summed E-state index contributed by atoms with van der Waals surface area (Å²) in [7, 11) is 1.51. The van der Waals surface area contributed by atoms with Gasteiger partial charge in [0.2, 0.25) is 0 Å². The number of methoxy groups -OCH3 is 1. The molecule has 1 N–H and O–H groups in total. The monoisotopic (exact) mass is 298 g/mol. The fraction of sp³-hybridized carbons (Fsp3) is 0.571. The molecule has 1 saturated heterocycles. The number of nitrogens with zero attached hydrogens (tertiary/aromatic N) is 1. The predicted octanol–water partition coefficient (Wildman–Crippen LogP) is 0.986. The van der Waals surface area contributed by atoms with Gasteiger partial charge in [-0.05, 0) is 12.1 Å². The third-order valence-corrected chi connectivity index (χ3v) is 3.57. The van der Waals surface area contributed by atoms with Gasteiger partial charge in [0.25, 0.3) is 11.8 Å².